The van der Waals surface area contributed by atoms with Crippen LogP contribution in [0.3, 0.4) is 0 Å². The van der Waals surface area contributed by atoms with Crippen LogP contribution in [0, 0.1) is 5.92 Å². The Labute approximate surface area is 164 Å². The largest absolute Gasteiger partial charge is 0.444 e. The first kappa shape index (κ1) is 25.5. The lowest BCUT2D eigenvalue weighted by Crippen LogP contribution is -2.40. The van der Waals surface area contributed by atoms with E-state index in [1.54, 1.807) is 19.1 Å². The summed E-state index contributed by atoms with van der Waals surface area (Å²) in [4.78, 5) is 18.1. The number of methoxy groups -OCH3 is 1. The van der Waals surface area contributed by atoms with E-state index in [-0.39, 0.29) is 36.0 Å². The number of hydrogen-bond donors (Lipinski definition) is 2. The molecule has 1 atom stereocenters. The summed E-state index contributed by atoms with van der Waals surface area (Å²) in [7, 11) is 3.41. The van der Waals surface area contributed by atoms with Gasteiger partial charge in [0, 0.05) is 40.3 Å². The van der Waals surface area contributed by atoms with Crippen molar-refractivity contribution in [3.63, 3.8) is 0 Å². The number of carbonyl (C=O) groups excluding carboxylic acids is 1. The number of aliphatic imine (C=N–C) groups is 1. The standard InChI is InChI=1S/C16H34N4O3.HI/c1-8-17-14(18-9-10-22-7)19-11-13(2)12-20(6)15(21)23-16(3,4)5;/h13H,8-12H2,1-7H3,(H2,17,18,19);1H. The van der Waals surface area contributed by atoms with Gasteiger partial charge in [0.25, 0.3) is 0 Å². The second kappa shape index (κ2) is 13.5. The van der Waals surface area contributed by atoms with Gasteiger partial charge in [-0.15, -0.1) is 24.0 Å². The Morgan fingerprint density at radius 2 is 1.92 bits per heavy atom. The van der Waals surface area contributed by atoms with Gasteiger partial charge in [-0.25, -0.2) is 4.79 Å². The van der Waals surface area contributed by atoms with Crippen molar-refractivity contribution in [2.75, 3.05) is 46.9 Å². The fraction of sp³-hybridized carbons (Fsp3) is 0.875. The zero-order valence-corrected chi connectivity index (χ0v) is 18.5. The normalized spacial score (nSPS) is 12.9. The molecule has 0 aromatic rings. The SMILES string of the molecule is CCNC(=NCC(C)CN(C)C(=O)OC(C)(C)C)NCCOC.I. The second-order valence-corrected chi connectivity index (χ2v) is 6.61. The van der Waals surface area contributed by atoms with E-state index in [2.05, 4.69) is 22.5 Å². The molecule has 8 heteroatoms. The van der Waals surface area contributed by atoms with E-state index in [9.17, 15) is 4.79 Å². The molecule has 0 radical (unpaired) electrons. The molecular formula is C16H35IN4O3. The molecule has 0 aliphatic rings. The number of guanidine groups is 1. The quantitative estimate of drug-likeness (QED) is 0.253. The Hall–Kier alpha value is -0.770. The van der Waals surface area contributed by atoms with Crippen LogP contribution in [0.2, 0.25) is 0 Å². The molecule has 1 unspecified atom stereocenters. The van der Waals surface area contributed by atoms with Crippen molar-refractivity contribution in [2.45, 2.75) is 40.2 Å². The summed E-state index contributed by atoms with van der Waals surface area (Å²) in [5, 5.41) is 6.37. The van der Waals surface area contributed by atoms with Gasteiger partial charge in [0.1, 0.15) is 5.60 Å². The van der Waals surface area contributed by atoms with E-state index in [0.29, 0.717) is 26.2 Å². The first-order chi connectivity index (χ1) is 10.7. The Balaban J connectivity index is 0. The lowest BCUT2D eigenvalue weighted by molar-refractivity contribution is 0.0279. The zero-order chi connectivity index (χ0) is 17.9. The van der Waals surface area contributed by atoms with Crippen molar-refractivity contribution in [2.24, 2.45) is 10.9 Å². The number of halogens is 1. The van der Waals surface area contributed by atoms with Crippen LogP contribution in [-0.2, 0) is 9.47 Å². The van der Waals surface area contributed by atoms with Crippen LogP contribution in [0.25, 0.3) is 0 Å². The fourth-order valence-corrected chi connectivity index (χ4v) is 1.80. The van der Waals surface area contributed by atoms with Crippen LogP contribution < -0.4 is 10.6 Å². The minimum absolute atomic E-state index is 0. The van der Waals surface area contributed by atoms with Crippen molar-refractivity contribution >= 4 is 36.0 Å². The maximum absolute atomic E-state index is 11.9. The molecule has 0 saturated carbocycles. The fourth-order valence-electron chi connectivity index (χ4n) is 1.80. The van der Waals surface area contributed by atoms with Gasteiger partial charge in [-0.1, -0.05) is 6.92 Å². The van der Waals surface area contributed by atoms with Gasteiger partial charge < -0.3 is 25.0 Å². The molecule has 7 nitrogen and oxygen atoms in total. The number of amides is 1. The molecule has 0 bridgehead atoms. The number of carbonyl (C=O) groups is 1. The molecule has 0 aliphatic carbocycles. The predicted octanol–water partition coefficient (Wildman–Crippen LogP) is 2.31. The summed E-state index contributed by atoms with van der Waals surface area (Å²) in [6.45, 7) is 13.0. The van der Waals surface area contributed by atoms with Gasteiger partial charge in [0.15, 0.2) is 5.96 Å². The Bertz CT molecular complexity index is 373. The number of nitrogens with one attached hydrogen (secondary N) is 2. The molecule has 0 spiro atoms. The molecule has 0 aromatic carbocycles. The van der Waals surface area contributed by atoms with Gasteiger partial charge in [-0.05, 0) is 33.6 Å². The molecule has 0 aromatic heterocycles. The van der Waals surface area contributed by atoms with Crippen LogP contribution in [0.1, 0.15) is 34.6 Å². The smallest absolute Gasteiger partial charge is 0.410 e. The van der Waals surface area contributed by atoms with E-state index >= 15 is 0 Å². The molecule has 0 rings (SSSR count). The van der Waals surface area contributed by atoms with Gasteiger partial charge in [0.05, 0.1) is 6.61 Å². The summed E-state index contributed by atoms with van der Waals surface area (Å²) in [5.74, 6) is 0.988. The van der Waals surface area contributed by atoms with Gasteiger partial charge in [-0.2, -0.15) is 0 Å². The number of ether oxygens (including phenoxy) is 2. The predicted molar refractivity (Wildman–Crippen MR) is 109 cm³/mol. The van der Waals surface area contributed by atoms with E-state index in [1.807, 2.05) is 27.7 Å². The minimum atomic E-state index is -0.476. The lowest BCUT2D eigenvalue weighted by Gasteiger charge is -2.26. The number of nitrogens with zero attached hydrogens (tertiary/aromatic N) is 2. The number of rotatable bonds is 8. The number of hydrogen-bond acceptors (Lipinski definition) is 4. The first-order valence-electron chi connectivity index (χ1n) is 8.14. The van der Waals surface area contributed by atoms with Crippen molar-refractivity contribution in [3.05, 3.63) is 0 Å². The van der Waals surface area contributed by atoms with E-state index in [1.165, 1.54) is 0 Å². The molecule has 0 aliphatic heterocycles. The maximum Gasteiger partial charge on any atom is 0.410 e. The average molecular weight is 458 g/mol. The molecular weight excluding hydrogens is 423 g/mol. The van der Waals surface area contributed by atoms with Gasteiger partial charge >= 0.3 is 6.09 Å². The van der Waals surface area contributed by atoms with Crippen molar-refractivity contribution < 1.29 is 14.3 Å². The van der Waals surface area contributed by atoms with Gasteiger partial charge in [-0.3, -0.25) is 4.99 Å². The summed E-state index contributed by atoms with van der Waals surface area (Å²) in [6.07, 6.45) is -0.307. The van der Waals surface area contributed by atoms with Crippen LogP contribution in [0.5, 0.6) is 0 Å². The summed E-state index contributed by atoms with van der Waals surface area (Å²) < 4.78 is 10.4. The highest BCUT2D eigenvalue weighted by Crippen LogP contribution is 2.10. The second-order valence-electron chi connectivity index (χ2n) is 6.61. The zero-order valence-electron chi connectivity index (χ0n) is 16.1. The molecule has 1 amide bonds. The molecule has 0 heterocycles. The van der Waals surface area contributed by atoms with Crippen molar-refractivity contribution in [1.29, 1.82) is 0 Å². The molecule has 144 valence electrons. The van der Waals surface area contributed by atoms with E-state index in [4.69, 9.17) is 9.47 Å². The third-order valence-electron chi connectivity index (χ3n) is 2.79. The van der Waals surface area contributed by atoms with E-state index < -0.39 is 5.60 Å². The van der Waals surface area contributed by atoms with Crippen molar-refractivity contribution in [1.82, 2.24) is 15.5 Å². The highest BCUT2D eigenvalue weighted by Gasteiger charge is 2.20. The van der Waals surface area contributed by atoms with Gasteiger partial charge in [0.2, 0.25) is 0 Å². The maximum atomic E-state index is 11.9. The Morgan fingerprint density at radius 1 is 1.29 bits per heavy atom. The molecule has 0 fully saturated rings. The highest BCUT2D eigenvalue weighted by atomic mass is 127. The molecule has 2 N–H and O–H groups in total. The highest BCUT2D eigenvalue weighted by molar-refractivity contribution is 14.0. The summed E-state index contributed by atoms with van der Waals surface area (Å²) in [6, 6.07) is 0. The first-order valence-corrected chi connectivity index (χ1v) is 8.14. The van der Waals surface area contributed by atoms with Crippen molar-refractivity contribution in [3.8, 4) is 0 Å². The summed E-state index contributed by atoms with van der Waals surface area (Å²) >= 11 is 0. The van der Waals surface area contributed by atoms with E-state index in [0.717, 1.165) is 12.5 Å². The topological polar surface area (TPSA) is 75.2 Å². The van der Waals surface area contributed by atoms with Crippen LogP contribution >= 0.6 is 24.0 Å². The summed E-state index contributed by atoms with van der Waals surface area (Å²) in [5.41, 5.74) is -0.476. The Kier molecular flexibility index (Phi) is 14.3. The van der Waals surface area contributed by atoms with Crippen LogP contribution in [-0.4, -0.2) is 69.5 Å². The molecule has 24 heavy (non-hydrogen) atoms. The third kappa shape index (κ3) is 13.6. The third-order valence-corrected chi connectivity index (χ3v) is 2.79. The Morgan fingerprint density at radius 3 is 2.42 bits per heavy atom. The van der Waals surface area contributed by atoms with Crippen LogP contribution in [0.15, 0.2) is 4.99 Å². The monoisotopic (exact) mass is 458 g/mol. The average Bonchev–Trinajstić information content (AvgIpc) is 2.43. The minimum Gasteiger partial charge on any atom is -0.444 e. The lowest BCUT2D eigenvalue weighted by atomic mass is 10.2. The van der Waals surface area contributed by atoms with Crippen LogP contribution in [0.4, 0.5) is 4.79 Å². The molecule has 0 saturated heterocycles.